The quantitative estimate of drug-likeness (QED) is 0.857. The molecule has 1 atom stereocenters. The second kappa shape index (κ2) is 6.36. The van der Waals surface area contributed by atoms with Gasteiger partial charge in [0.15, 0.2) is 0 Å². The summed E-state index contributed by atoms with van der Waals surface area (Å²) in [7, 11) is 0. The van der Waals surface area contributed by atoms with Crippen LogP contribution < -0.4 is 5.32 Å². The van der Waals surface area contributed by atoms with Crippen LogP contribution in [0.5, 0.6) is 0 Å². The molecule has 0 spiro atoms. The number of carbonyl (C=O) groups is 2. The summed E-state index contributed by atoms with van der Waals surface area (Å²) in [6, 6.07) is 4.16. The van der Waals surface area contributed by atoms with Crippen LogP contribution in [0.3, 0.4) is 0 Å². The van der Waals surface area contributed by atoms with Crippen LogP contribution in [0.1, 0.15) is 35.6 Å². The van der Waals surface area contributed by atoms with Gasteiger partial charge < -0.3 is 10.4 Å². The topological polar surface area (TPSA) is 66.4 Å². The number of hydrogen-bond acceptors (Lipinski definition) is 2. The maximum Gasteiger partial charge on any atom is 0.306 e. The van der Waals surface area contributed by atoms with E-state index in [0.717, 1.165) is 16.7 Å². The standard InChI is InChI=1S/C15H21NO3/c1-9-5-10(2)13(11(3)6-9)8-16-14(17)7-12(4)15(18)19/h5-6,12H,7-8H2,1-4H3,(H,16,17)(H,18,19). The van der Waals surface area contributed by atoms with Gasteiger partial charge in [-0.3, -0.25) is 9.59 Å². The van der Waals surface area contributed by atoms with Gasteiger partial charge in [-0.25, -0.2) is 0 Å². The molecule has 1 amide bonds. The number of aliphatic carboxylic acids is 1. The molecule has 1 aromatic rings. The molecule has 1 rings (SSSR count). The van der Waals surface area contributed by atoms with E-state index >= 15 is 0 Å². The van der Waals surface area contributed by atoms with Crippen molar-refractivity contribution >= 4 is 11.9 Å². The summed E-state index contributed by atoms with van der Waals surface area (Å²) in [6.07, 6.45) is 0.0132. The molecule has 4 nitrogen and oxygen atoms in total. The average molecular weight is 263 g/mol. The molecule has 0 aliphatic rings. The highest BCUT2D eigenvalue weighted by Gasteiger charge is 2.15. The fraction of sp³-hybridized carbons (Fsp3) is 0.467. The normalized spacial score (nSPS) is 12.0. The van der Waals surface area contributed by atoms with Gasteiger partial charge in [0.1, 0.15) is 0 Å². The van der Waals surface area contributed by atoms with E-state index in [-0.39, 0.29) is 12.3 Å². The second-order valence-electron chi connectivity index (χ2n) is 5.10. The van der Waals surface area contributed by atoms with Crippen molar-refractivity contribution in [2.75, 3.05) is 0 Å². The average Bonchev–Trinajstić information content (AvgIpc) is 2.27. The molecular formula is C15H21NO3. The first-order valence-electron chi connectivity index (χ1n) is 6.37. The number of amides is 1. The predicted octanol–water partition coefficient (Wildman–Crippen LogP) is 2.34. The number of carbonyl (C=O) groups excluding carboxylic acids is 1. The van der Waals surface area contributed by atoms with Crippen molar-refractivity contribution in [2.24, 2.45) is 5.92 Å². The van der Waals surface area contributed by atoms with Gasteiger partial charge in [0, 0.05) is 13.0 Å². The Bertz CT molecular complexity index is 471. The highest BCUT2D eigenvalue weighted by Crippen LogP contribution is 2.16. The lowest BCUT2D eigenvalue weighted by molar-refractivity contribution is -0.143. The maximum atomic E-state index is 11.6. The number of hydrogen-bond donors (Lipinski definition) is 2. The number of carboxylic acid groups (broad SMARTS) is 1. The summed E-state index contributed by atoms with van der Waals surface area (Å²) < 4.78 is 0. The van der Waals surface area contributed by atoms with Crippen molar-refractivity contribution in [1.29, 1.82) is 0 Å². The summed E-state index contributed by atoms with van der Waals surface area (Å²) >= 11 is 0. The van der Waals surface area contributed by atoms with Gasteiger partial charge in [-0.1, -0.05) is 24.6 Å². The molecule has 0 saturated carbocycles. The number of rotatable bonds is 5. The van der Waals surface area contributed by atoms with Crippen molar-refractivity contribution in [1.82, 2.24) is 5.32 Å². The van der Waals surface area contributed by atoms with E-state index in [1.807, 2.05) is 20.8 Å². The van der Waals surface area contributed by atoms with Crippen molar-refractivity contribution < 1.29 is 14.7 Å². The van der Waals surface area contributed by atoms with Crippen LogP contribution in [-0.4, -0.2) is 17.0 Å². The minimum Gasteiger partial charge on any atom is -0.481 e. The Balaban J connectivity index is 2.63. The van der Waals surface area contributed by atoms with Crippen LogP contribution in [0.4, 0.5) is 0 Å². The van der Waals surface area contributed by atoms with Crippen LogP contribution in [-0.2, 0) is 16.1 Å². The molecule has 0 radical (unpaired) electrons. The van der Waals surface area contributed by atoms with E-state index in [9.17, 15) is 9.59 Å². The Morgan fingerprint density at radius 1 is 1.21 bits per heavy atom. The molecule has 0 aliphatic heterocycles. The molecule has 2 N–H and O–H groups in total. The third-order valence-corrected chi connectivity index (χ3v) is 3.22. The van der Waals surface area contributed by atoms with E-state index in [0.29, 0.717) is 6.54 Å². The van der Waals surface area contributed by atoms with E-state index in [1.54, 1.807) is 0 Å². The number of nitrogens with one attached hydrogen (secondary N) is 1. The maximum absolute atomic E-state index is 11.6. The van der Waals surface area contributed by atoms with Gasteiger partial charge in [-0.15, -0.1) is 0 Å². The highest BCUT2D eigenvalue weighted by molar-refractivity contribution is 5.81. The van der Waals surface area contributed by atoms with E-state index in [2.05, 4.69) is 17.4 Å². The Labute approximate surface area is 113 Å². The molecule has 0 bridgehead atoms. The Morgan fingerprint density at radius 2 is 1.74 bits per heavy atom. The van der Waals surface area contributed by atoms with Gasteiger partial charge in [0.2, 0.25) is 5.91 Å². The van der Waals surface area contributed by atoms with Crippen molar-refractivity contribution in [2.45, 2.75) is 40.7 Å². The minimum atomic E-state index is -0.946. The molecule has 0 aromatic heterocycles. The molecule has 19 heavy (non-hydrogen) atoms. The number of aryl methyl sites for hydroxylation is 3. The summed E-state index contributed by atoms with van der Waals surface area (Å²) in [5, 5.41) is 11.5. The first-order chi connectivity index (χ1) is 8.81. The lowest BCUT2D eigenvalue weighted by Gasteiger charge is -2.13. The largest absolute Gasteiger partial charge is 0.481 e. The minimum absolute atomic E-state index is 0.0132. The van der Waals surface area contributed by atoms with Crippen LogP contribution in [0.25, 0.3) is 0 Å². The van der Waals surface area contributed by atoms with E-state index < -0.39 is 11.9 Å². The van der Waals surface area contributed by atoms with E-state index in [4.69, 9.17) is 5.11 Å². The SMILES string of the molecule is Cc1cc(C)c(CNC(=O)CC(C)C(=O)O)c(C)c1. The van der Waals surface area contributed by atoms with Gasteiger partial charge in [0.05, 0.1) is 5.92 Å². The molecule has 0 heterocycles. The summed E-state index contributed by atoms with van der Waals surface area (Å²) in [5.74, 6) is -1.83. The van der Waals surface area contributed by atoms with Crippen molar-refractivity contribution in [3.05, 3.63) is 34.4 Å². The van der Waals surface area contributed by atoms with Crippen LogP contribution in [0.2, 0.25) is 0 Å². The number of carboxylic acids is 1. The van der Waals surface area contributed by atoms with Gasteiger partial charge in [-0.2, -0.15) is 0 Å². The van der Waals surface area contributed by atoms with Crippen molar-refractivity contribution in [3.63, 3.8) is 0 Å². The van der Waals surface area contributed by atoms with Gasteiger partial charge in [0.25, 0.3) is 0 Å². The van der Waals surface area contributed by atoms with Crippen LogP contribution >= 0.6 is 0 Å². The molecule has 0 fully saturated rings. The molecule has 1 unspecified atom stereocenters. The second-order valence-corrected chi connectivity index (χ2v) is 5.10. The molecular weight excluding hydrogens is 242 g/mol. The summed E-state index contributed by atoms with van der Waals surface area (Å²) in [6.45, 7) is 8.05. The third-order valence-electron chi connectivity index (χ3n) is 3.22. The lowest BCUT2D eigenvalue weighted by atomic mass is 9.99. The van der Waals surface area contributed by atoms with Gasteiger partial charge >= 0.3 is 5.97 Å². The molecule has 0 saturated heterocycles. The highest BCUT2D eigenvalue weighted by atomic mass is 16.4. The van der Waals surface area contributed by atoms with Crippen molar-refractivity contribution in [3.8, 4) is 0 Å². The fourth-order valence-corrected chi connectivity index (χ4v) is 2.11. The monoisotopic (exact) mass is 263 g/mol. The zero-order chi connectivity index (χ0) is 14.6. The zero-order valence-electron chi connectivity index (χ0n) is 11.9. The summed E-state index contributed by atoms with van der Waals surface area (Å²) in [4.78, 5) is 22.3. The molecule has 1 aromatic carbocycles. The molecule has 104 valence electrons. The zero-order valence-corrected chi connectivity index (χ0v) is 11.9. The smallest absolute Gasteiger partial charge is 0.306 e. The Morgan fingerprint density at radius 3 is 2.21 bits per heavy atom. The fourth-order valence-electron chi connectivity index (χ4n) is 2.11. The Hall–Kier alpha value is -1.84. The molecule has 4 heteroatoms. The predicted molar refractivity (Wildman–Crippen MR) is 73.9 cm³/mol. The Kier molecular flexibility index (Phi) is 5.10. The van der Waals surface area contributed by atoms with E-state index in [1.165, 1.54) is 12.5 Å². The summed E-state index contributed by atoms with van der Waals surface area (Å²) in [5.41, 5.74) is 4.58. The third kappa shape index (κ3) is 4.39. The molecule has 0 aliphatic carbocycles. The first-order valence-corrected chi connectivity index (χ1v) is 6.37. The number of benzene rings is 1. The van der Waals surface area contributed by atoms with Crippen LogP contribution in [0, 0.1) is 26.7 Å². The van der Waals surface area contributed by atoms with Crippen LogP contribution in [0.15, 0.2) is 12.1 Å². The lowest BCUT2D eigenvalue weighted by Crippen LogP contribution is -2.27. The first kappa shape index (κ1) is 15.2. The van der Waals surface area contributed by atoms with Gasteiger partial charge in [-0.05, 0) is 37.5 Å².